The number of rotatable bonds is 22. The summed E-state index contributed by atoms with van der Waals surface area (Å²) >= 11 is 0. The molecule has 176 valence electrons. The molecule has 2 N–H and O–H groups in total. The molecule has 0 aromatic heterocycles. The largest absolute Gasteiger partial charge is 0.393 e. The summed E-state index contributed by atoms with van der Waals surface area (Å²) in [7, 11) is -3.92. The van der Waals surface area contributed by atoms with E-state index in [0.717, 1.165) is 70.6 Å². The van der Waals surface area contributed by atoms with Crippen molar-refractivity contribution in [3.05, 3.63) is 0 Å². The van der Waals surface area contributed by atoms with Crippen LogP contribution in [0, 0.1) is 0 Å². The van der Waals surface area contributed by atoms with Gasteiger partial charge in [-0.05, 0) is 25.7 Å². The Balaban J connectivity index is 3.70. The summed E-state index contributed by atoms with van der Waals surface area (Å²) in [6.45, 7) is 4.33. The fourth-order valence-corrected chi connectivity index (χ4v) is 4.99. The highest BCUT2D eigenvalue weighted by atomic mass is 32.2. The van der Waals surface area contributed by atoms with Gasteiger partial charge in [0.25, 0.3) is 10.1 Å². The minimum atomic E-state index is -3.92. The van der Waals surface area contributed by atoms with Gasteiger partial charge in [0, 0.05) is 0 Å². The smallest absolute Gasteiger partial charge is 0.267 e. The molecule has 4 nitrogen and oxygen atoms in total. The van der Waals surface area contributed by atoms with Crippen molar-refractivity contribution >= 4 is 10.1 Å². The molecular weight excluding hydrogens is 384 g/mol. The zero-order valence-electron chi connectivity index (χ0n) is 19.4. The zero-order chi connectivity index (χ0) is 21.8. The van der Waals surface area contributed by atoms with Gasteiger partial charge in [0.15, 0.2) is 0 Å². The Bertz CT molecular complexity index is 436. The van der Waals surface area contributed by atoms with Crippen LogP contribution in [0.15, 0.2) is 0 Å². The molecule has 0 aliphatic rings. The Morgan fingerprint density at radius 2 is 0.931 bits per heavy atom. The molecular formula is C24H50O4S. The van der Waals surface area contributed by atoms with Crippen molar-refractivity contribution in [3.63, 3.8) is 0 Å². The van der Waals surface area contributed by atoms with E-state index in [0.29, 0.717) is 12.8 Å². The molecule has 0 spiro atoms. The van der Waals surface area contributed by atoms with E-state index >= 15 is 0 Å². The SMILES string of the molecule is CCCCCCCCCCCC(CCCCCCCCC(O)CCC)S(=O)(=O)O. The number of hydrogen-bond donors (Lipinski definition) is 2. The molecule has 0 saturated carbocycles. The summed E-state index contributed by atoms with van der Waals surface area (Å²) in [5.41, 5.74) is 0. The second-order valence-electron chi connectivity index (χ2n) is 8.90. The fourth-order valence-electron chi connectivity index (χ4n) is 4.06. The molecule has 5 heteroatoms. The fraction of sp³-hybridized carbons (Fsp3) is 1.00. The lowest BCUT2D eigenvalue weighted by Gasteiger charge is -2.14. The Kier molecular flexibility index (Phi) is 19.7. The van der Waals surface area contributed by atoms with Crippen molar-refractivity contribution in [2.75, 3.05) is 0 Å². The van der Waals surface area contributed by atoms with Gasteiger partial charge in [-0.2, -0.15) is 8.42 Å². The molecule has 29 heavy (non-hydrogen) atoms. The molecule has 2 atom stereocenters. The van der Waals surface area contributed by atoms with Crippen molar-refractivity contribution in [1.82, 2.24) is 0 Å². The number of aliphatic hydroxyl groups is 1. The van der Waals surface area contributed by atoms with Gasteiger partial charge >= 0.3 is 0 Å². The Labute approximate surface area is 182 Å². The minimum absolute atomic E-state index is 0.142. The van der Waals surface area contributed by atoms with E-state index in [1.165, 1.54) is 44.9 Å². The molecule has 0 fully saturated rings. The van der Waals surface area contributed by atoms with Crippen LogP contribution < -0.4 is 0 Å². The lowest BCUT2D eigenvalue weighted by Crippen LogP contribution is -2.20. The van der Waals surface area contributed by atoms with Crippen LogP contribution in [0.25, 0.3) is 0 Å². The van der Waals surface area contributed by atoms with Gasteiger partial charge in [-0.15, -0.1) is 0 Å². The first-order chi connectivity index (χ1) is 13.9. The van der Waals surface area contributed by atoms with E-state index in [4.69, 9.17) is 0 Å². The van der Waals surface area contributed by atoms with E-state index in [2.05, 4.69) is 13.8 Å². The summed E-state index contributed by atoms with van der Waals surface area (Å²) in [5, 5.41) is 9.14. The van der Waals surface area contributed by atoms with Crippen LogP contribution in [0.5, 0.6) is 0 Å². The summed E-state index contributed by atoms with van der Waals surface area (Å²) in [6, 6.07) is 0. The molecule has 0 saturated heterocycles. The topological polar surface area (TPSA) is 74.6 Å². The van der Waals surface area contributed by atoms with Crippen molar-refractivity contribution in [2.24, 2.45) is 0 Å². The average Bonchev–Trinajstić information content (AvgIpc) is 2.66. The highest BCUT2D eigenvalue weighted by Gasteiger charge is 2.21. The molecule has 0 amide bonds. The molecule has 0 aromatic carbocycles. The standard InChI is InChI=1S/C24H50O4S/c1-3-5-6-7-8-9-10-14-17-21-24(29(26,27)28)22-18-15-12-11-13-16-20-23(25)19-4-2/h23-25H,3-22H2,1-2H3,(H,26,27,28). The Morgan fingerprint density at radius 1 is 0.552 bits per heavy atom. The summed E-state index contributed by atoms with van der Waals surface area (Å²) in [6.07, 6.45) is 21.2. The maximum Gasteiger partial charge on any atom is 0.267 e. The molecule has 0 aliphatic carbocycles. The second-order valence-corrected chi connectivity index (χ2v) is 10.6. The second kappa shape index (κ2) is 19.8. The average molecular weight is 435 g/mol. The van der Waals surface area contributed by atoms with Gasteiger partial charge < -0.3 is 5.11 Å². The minimum Gasteiger partial charge on any atom is -0.393 e. The van der Waals surface area contributed by atoms with Gasteiger partial charge in [-0.3, -0.25) is 4.55 Å². The first kappa shape index (κ1) is 28.9. The normalized spacial score (nSPS) is 14.2. The molecule has 0 aliphatic heterocycles. The van der Waals surface area contributed by atoms with Gasteiger partial charge in [0.2, 0.25) is 0 Å². The van der Waals surface area contributed by atoms with Crippen LogP contribution in [0.4, 0.5) is 0 Å². The lowest BCUT2D eigenvalue weighted by molar-refractivity contribution is 0.150. The quantitative estimate of drug-likeness (QED) is 0.137. The Hall–Kier alpha value is -0.130. The van der Waals surface area contributed by atoms with Crippen molar-refractivity contribution in [2.45, 2.75) is 154 Å². The highest BCUT2D eigenvalue weighted by Crippen LogP contribution is 2.19. The monoisotopic (exact) mass is 434 g/mol. The maximum absolute atomic E-state index is 11.7. The highest BCUT2D eigenvalue weighted by molar-refractivity contribution is 7.86. The molecule has 0 aromatic rings. The van der Waals surface area contributed by atoms with E-state index in [-0.39, 0.29) is 6.10 Å². The molecule has 0 rings (SSSR count). The van der Waals surface area contributed by atoms with Crippen molar-refractivity contribution in [3.8, 4) is 0 Å². The van der Waals surface area contributed by atoms with Crippen LogP contribution in [0.3, 0.4) is 0 Å². The maximum atomic E-state index is 11.7. The van der Waals surface area contributed by atoms with Crippen LogP contribution in [-0.2, 0) is 10.1 Å². The van der Waals surface area contributed by atoms with Gasteiger partial charge in [0.05, 0.1) is 11.4 Å². The first-order valence-electron chi connectivity index (χ1n) is 12.6. The predicted octanol–water partition coefficient (Wildman–Crippen LogP) is 7.45. The zero-order valence-corrected chi connectivity index (χ0v) is 20.2. The van der Waals surface area contributed by atoms with E-state index in [9.17, 15) is 18.1 Å². The van der Waals surface area contributed by atoms with Gasteiger partial charge in [0.1, 0.15) is 0 Å². The number of hydrogen-bond acceptors (Lipinski definition) is 3. The lowest BCUT2D eigenvalue weighted by atomic mass is 10.0. The number of unbranched alkanes of at least 4 members (excludes halogenated alkanes) is 13. The third kappa shape index (κ3) is 19.6. The van der Waals surface area contributed by atoms with Crippen LogP contribution >= 0.6 is 0 Å². The molecule has 0 radical (unpaired) electrons. The van der Waals surface area contributed by atoms with E-state index in [1.54, 1.807) is 0 Å². The summed E-state index contributed by atoms with van der Waals surface area (Å²) in [5.74, 6) is 0. The van der Waals surface area contributed by atoms with Crippen molar-refractivity contribution < 1.29 is 18.1 Å². The van der Waals surface area contributed by atoms with E-state index < -0.39 is 15.4 Å². The van der Waals surface area contributed by atoms with Crippen LogP contribution in [0.1, 0.15) is 142 Å². The van der Waals surface area contributed by atoms with E-state index in [1.807, 2.05) is 0 Å². The van der Waals surface area contributed by atoms with Crippen LogP contribution in [0.2, 0.25) is 0 Å². The summed E-state index contributed by atoms with van der Waals surface area (Å²) in [4.78, 5) is 0. The predicted molar refractivity (Wildman–Crippen MR) is 125 cm³/mol. The number of aliphatic hydroxyl groups excluding tert-OH is 1. The van der Waals surface area contributed by atoms with Crippen LogP contribution in [-0.4, -0.2) is 29.4 Å². The van der Waals surface area contributed by atoms with Gasteiger partial charge in [-0.25, -0.2) is 0 Å². The summed E-state index contributed by atoms with van der Waals surface area (Å²) < 4.78 is 32.8. The Morgan fingerprint density at radius 3 is 1.31 bits per heavy atom. The van der Waals surface area contributed by atoms with Crippen molar-refractivity contribution in [1.29, 1.82) is 0 Å². The van der Waals surface area contributed by atoms with Gasteiger partial charge in [-0.1, -0.05) is 117 Å². The first-order valence-corrected chi connectivity index (χ1v) is 14.1. The molecule has 0 heterocycles. The third-order valence-corrected chi connectivity index (χ3v) is 7.30. The third-order valence-electron chi connectivity index (χ3n) is 5.99. The molecule has 0 bridgehead atoms. The molecule has 2 unspecified atom stereocenters.